The highest BCUT2D eigenvalue weighted by atomic mass is 16.5. The van der Waals surface area contributed by atoms with Crippen LogP contribution in [-0.4, -0.2) is 32.3 Å². The Bertz CT molecular complexity index is 698. The number of hydrogen-bond acceptors (Lipinski definition) is 4. The summed E-state index contributed by atoms with van der Waals surface area (Å²) >= 11 is 0. The van der Waals surface area contributed by atoms with Crippen LogP contribution >= 0.6 is 0 Å². The molecule has 3 rings (SSSR count). The van der Waals surface area contributed by atoms with Crippen LogP contribution in [0.3, 0.4) is 0 Å². The van der Waals surface area contributed by atoms with Crippen LogP contribution in [0.1, 0.15) is 18.4 Å². The fraction of sp³-hybridized carbons (Fsp3) is 0.353. The van der Waals surface area contributed by atoms with E-state index in [9.17, 15) is 14.7 Å². The Labute approximate surface area is 139 Å². The summed E-state index contributed by atoms with van der Waals surface area (Å²) in [5.74, 6) is -1.17. The lowest BCUT2D eigenvalue weighted by Crippen LogP contribution is -2.59. The number of nitrogens with one attached hydrogen (secondary N) is 1. The molecule has 1 fully saturated rings. The maximum Gasteiger partial charge on any atom is 0.408 e. The second-order valence-electron chi connectivity index (χ2n) is 5.97. The molecule has 0 radical (unpaired) electrons. The van der Waals surface area contributed by atoms with E-state index in [1.54, 1.807) is 17.0 Å². The highest BCUT2D eigenvalue weighted by molar-refractivity contribution is 5.85. The Morgan fingerprint density at radius 3 is 2.67 bits per heavy atom. The van der Waals surface area contributed by atoms with Gasteiger partial charge in [0.1, 0.15) is 6.61 Å². The maximum absolute atomic E-state index is 12.2. The topological polar surface area (TPSA) is 93.5 Å². The van der Waals surface area contributed by atoms with Crippen molar-refractivity contribution in [3.05, 3.63) is 54.6 Å². The van der Waals surface area contributed by atoms with E-state index < -0.39 is 17.6 Å². The van der Waals surface area contributed by atoms with Crippen LogP contribution in [0.15, 0.2) is 49.1 Å². The van der Waals surface area contributed by atoms with Gasteiger partial charge in [-0.2, -0.15) is 0 Å². The monoisotopic (exact) mass is 329 g/mol. The molecule has 0 bridgehead atoms. The van der Waals surface area contributed by atoms with Gasteiger partial charge in [0.05, 0.1) is 12.9 Å². The van der Waals surface area contributed by atoms with Gasteiger partial charge in [-0.25, -0.2) is 14.6 Å². The minimum atomic E-state index is -1.38. The van der Waals surface area contributed by atoms with Crippen molar-refractivity contribution in [3.8, 4) is 0 Å². The standard InChI is InChI=1S/C17H19N3O4/c21-15(22)17(14-6-7-14,11-20-9-8-18-12-20)19-16(23)24-10-13-4-2-1-3-5-13/h1-5,8-9,12,14H,6-7,10-11H2,(H,19,23)(H,21,22). The Morgan fingerprint density at radius 1 is 1.33 bits per heavy atom. The molecule has 1 atom stereocenters. The number of amides is 1. The number of nitrogens with zero attached hydrogens (tertiary/aromatic N) is 2. The molecule has 1 saturated carbocycles. The third-order valence-electron chi connectivity index (χ3n) is 4.18. The SMILES string of the molecule is O=C(NC(Cn1ccnc1)(C(=O)O)C1CC1)OCc1ccccc1. The van der Waals surface area contributed by atoms with Crippen LogP contribution in [0, 0.1) is 5.92 Å². The van der Waals surface area contributed by atoms with E-state index in [-0.39, 0.29) is 19.1 Å². The molecule has 126 valence electrons. The Morgan fingerprint density at radius 2 is 2.08 bits per heavy atom. The third kappa shape index (κ3) is 3.56. The minimum Gasteiger partial charge on any atom is -0.479 e. The van der Waals surface area contributed by atoms with Crippen molar-refractivity contribution in [1.82, 2.24) is 14.9 Å². The second kappa shape index (κ2) is 6.74. The molecular weight excluding hydrogens is 310 g/mol. The van der Waals surface area contributed by atoms with Crippen molar-refractivity contribution in [1.29, 1.82) is 0 Å². The van der Waals surface area contributed by atoms with Crippen molar-refractivity contribution in [2.45, 2.75) is 31.5 Å². The van der Waals surface area contributed by atoms with Gasteiger partial charge in [0.2, 0.25) is 0 Å². The summed E-state index contributed by atoms with van der Waals surface area (Å²) in [6.07, 6.45) is 5.59. The van der Waals surface area contributed by atoms with Crippen molar-refractivity contribution in [3.63, 3.8) is 0 Å². The van der Waals surface area contributed by atoms with E-state index in [0.29, 0.717) is 0 Å². The first-order chi connectivity index (χ1) is 11.6. The first-order valence-corrected chi connectivity index (χ1v) is 7.78. The quantitative estimate of drug-likeness (QED) is 0.811. The number of rotatable bonds is 7. The van der Waals surface area contributed by atoms with Crippen molar-refractivity contribution in [2.75, 3.05) is 0 Å². The van der Waals surface area contributed by atoms with Gasteiger partial charge >= 0.3 is 12.1 Å². The molecule has 0 spiro atoms. The zero-order valence-corrected chi connectivity index (χ0v) is 13.1. The van der Waals surface area contributed by atoms with Crippen LogP contribution in [-0.2, 0) is 22.7 Å². The van der Waals surface area contributed by atoms with E-state index >= 15 is 0 Å². The first-order valence-electron chi connectivity index (χ1n) is 7.78. The lowest BCUT2D eigenvalue weighted by Gasteiger charge is -2.30. The highest BCUT2D eigenvalue weighted by Gasteiger charge is 2.53. The largest absolute Gasteiger partial charge is 0.479 e. The summed E-state index contributed by atoms with van der Waals surface area (Å²) in [5, 5.41) is 12.4. The fourth-order valence-electron chi connectivity index (χ4n) is 2.75. The summed E-state index contributed by atoms with van der Waals surface area (Å²) in [4.78, 5) is 28.0. The molecule has 7 nitrogen and oxygen atoms in total. The average Bonchev–Trinajstić information content (AvgIpc) is 3.32. The number of benzene rings is 1. The number of aliphatic carboxylic acids is 1. The molecule has 2 N–H and O–H groups in total. The van der Waals surface area contributed by atoms with Crippen LogP contribution < -0.4 is 5.32 Å². The minimum absolute atomic E-state index is 0.0954. The number of alkyl carbamates (subject to hydrolysis) is 1. The molecule has 0 saturated heterocycles. The summed E-state index contributed by atoms with van der Waals surface area (Å²) in [5.41, 5.74) is -0.538. The zero-order valence-electron chi connectivity index (χ0n) is 13.1. The van der Waals surface area contributed by atoms with Crippen molar-refractivity contribution >= 4 is 12.1 Å². The summed E-state index contributed by atoms with van der Waals surface area (Å²) in [6, 6.07) is 9.24. The molecule has 1 aromatic carbocycles. The lowest BCUT2D eigenvalue weighted by atomic mass is 9.93. The van der Waals surface area contributed by atoms with E-state index in [4.69, 9.17) is 4.74 Å². The van der Waals surface area contributed by atoms with E-state index in [1.165, 1.54) is 6.33 Å². The normalized spacial score (nSPS) is 16.2. The number of carboxylic acid groups (broad SMARTS) is 1. The van der Waals surface area contributed by atoms with Gasteiger partial charge in [-0.05, 0) is 24.3 Å². The highest BCUT2D eigenvalue weighted by Crippen LogP contribution is 2.41. The second-order valence-corrected chi connectivity index (χ2v) is 5.97. The number of aromatic nitrogens is 2. The van der Waals surface area contributed by atoms with Gasteiger partial charge in [0, 0.05) is 12.4 Å². The average molecular weight is 329 g/mol. The number of imidazole rings is 1. The summed E-state index contributed by atoms with van der Waals surface area (Å²) in [7, 11) is 0. The van der Waals surface area contributed by atoms with Crippen molar-refractivity contribution in [2.24, 2.45) is 5.92 Å². The molecule has 1 heterocycles. The van der Waals surface area contributed by atoms with Gasteiger partial charge in [-0.15, -0.1) is 0 Å². The molecule has 1 amide bonds. The summed E-state index contributed by atoms with van der Waals surface area (Å²) in [6.45, 7) is 0.214. The van der Waals surface area contributed by atoms with E-state index in [0.717, 1.165) is 18.4 Å². The predicted molar refractivity (Wildman–Crippen MR) is 85.1 cm³/mol. The van der Waals surface area contributed by atoms with E-state index in [2.05, 4.69) is 10.3 Å². The van der Waals surface area contributed by atoms with Crippen LogP contribution in [0.25, 0.3) is 0 Å². The lowest BCUT2D eigenvalue weighted by molar-refractivity contribution is -0.146. The van der Waals surface area contributed by atoms with Crippen LogP contribution in [0.2, 0.25) is 0 Å². The van der Waals surface area contributed by atoms with Gasteiger partial charge in [-0.3, -0.25) is 0 Å². The van der Waals surface area contributed by atoms with Gasteiger partial charge in [0.25, 0.3) is 0 Å². The molecule has 1 aromatic heterocycles. The summed E-state index contributed by atoms with van der Waals surface area (Å²) < 4.78 is 6.85. The molecular formula is C17H19N3O4. The maximum atomic E-state index is 12.2. The first kappa shape index (κ1) is 16.0. The molecule has 24 heavy (non-hydrogen) atoms. The Hall–Kier alpha value is -2.83. The fourth-order valence-corrected chi connectivity index (χ4v) is 2.75. The van der Waals surface area contributed by atoms with Gasteiger partial charge in [0.15, 0.2) is 5.54 Å². The Kier molecular flexibility index (Phi) is 4.50. The zero-order chi connectivity index (χ0) is 17.0. The molecule has 1 aliphatic carbocycles. The number of carbonyl (C=O) groups excluding carboxylic acids is 1. The third-order valence-corrected chi connectivity index (χ3v) is 4.18. The van der Waals surface area contributed by atoms with Gasteiger partial charge < -0.3 is 19.7 Å². The number of carboxylic acids is 1. The van der Waals surface area contributed by atoms with Crippen LogP contribution in [0.4, 0.5) is 4.79 Å². The molecule has 7 heteroatoms. The molecule has 1 unspecified atom stereocenters. The molecule has 1 aliphatic rings. The smallest absolute Gasteiger partial charge is 0.408 e. The predicted octanol–water partition coefficient (Wildman–Crippen LogP) is 2.04. The van der Waals surface area contributed by atoms with Crippen molar-refractivity contribution < 1.29 is 19.4 Å². The van der Waals surface area contributed by atoms with E-state index in [1.807, 2.05) is 30.3 Å². The number of carbonyl (C=O) groups is 2. The Balaban J connectivity index is 1.69. The van der Waals surface area contributed by atoms with Crippen LogP contribution in [0.5, 0.6) is 0 Å². The van der Waals surface area contributed by atoms with Gasteiger partial charge in [-0.1, -0.05) is 30.3 Å². The molecule has 2 aromatic rings. The molecule has 0 aliphatic heterocycles. The number of hydrogen-bond donors (Lipinski definition) is 2. The number of ether oxygens (including phenoxy) is 1.